The molecule has 0 aliphatic rings. The number of anilines is 2. The van der Waals surface area contributed by atoms with Gasteiger partial charge in [-0.3, -0.25) is 5.32 Å². The molecule has 0 saturated carbocycles. The van der Waals surface area contributed by atoms with Gasteiger partial charge in [0.2, 0.25) is 5.96 Å². The Labute approximate surface area is 110 Å². The Morgan fingerprint density at radius 1 is 1.05 bits per heavy atom. The fraction of sp³-hybridized carbons (Fsp3) is 0. The van der Waals surface area contributed by atoms with Crippen molar-refractivity contribution < 1.29 is 4.79 Å². The summed E-state index contributed by atoms with van der Waals surface area (Å²) in [4.78, 5) is 19.2. The average Bonchev–Trinajstić information content (AvgIpc) is 2.40. The van der Waals surface area contributed by atoms with Crippen LogP contribution < -0.4 is 16.4 Å². The third kappa shape index (κ3) is 4.12. The van der Waals surface area contributed by atoms with Gasteiger partial charge in [0.1, 0.15) is 5.82 Å². The Morgan fingerprint density at radius 3 is 2.47 bits per heavy atom. The summed E-state index contributed by atoms with van der Waals surface area (Å²) in [5, 5.41) is 5.31. The third-order valence-electron chi connectivity index (χ3n) is 2.17. The van der Waals surface area contributed by atoms with Gasteiger partial charge in [0, 0.05) is 11.9 Å². The van der Waals surface area contributed by atoms with Crippen molar-refractivity contribution in [3.05, 3.63) is 54.7 Å². The average molecular weight is 255 g/mol. The van der Waals surface area contributed by atoms with Crippen molar-refractivity contribution in [1.82, 2.24) is 4.98 Å². The molecule has 96 valence electrons. The first-order chi connectivity index (χ1) is 9.24. The molecule has 0 atom stereocenters. The summed E-state index contributed by atoms with van der Waals surface area (Å²) < 4.78 is 0. The van der Waals surface area contributed by atoms with Crippen molar-refractivity contribution in [2.75, 3.05) is 10.6 Å². The van der Waals surface area contributed by atoms with Crippen LogP contribution in [0.15, 0.2) is 59.7 Å². The molecule has 0 aliphatic heterocycles. The highest BCUT2D eigenvalue weighted by atomic mass is 16.2. The van der Waals surface area contributed by atoms with Gasteiger partial charge in [0.15, 0.2) is 0 Å². The van der Waals surface area contributed by atoms with Gasteiger partial charge < -0.3 is 11.1 Å². The van der Waals surface area contributed by atoms with E-state index in [0.29, 0.717) is 5.82 Å². The number of nitrogens with one attached hydrogen (secondary N) is 2. The summed E-state index contributed by atoms with van der Waals surface area (Å²) in [6, 6.07) is 13.8. The predicted molar refractivity (Wildman–Crippen MR) is 74.9 cm³/mol. The van der Waals surface area contributed by atoms with Crippen LogP contribution in [-0.2, 0) is 0 Å². The number of nitrogens with zero attached hydrogens (tertiary/aromatic N) is 2. The minimum absolute atomic E-state index is 0.0135. The SMILES string of the molecule is N/C(=N\C(=O)Nc1ccccn1)Nc1ccccc1. The first kappa shape index (κ1) is 12.6. The van der Waals surface area contributed by atoms with E-state index in [4.69, 9.17) is 5.73 Å². The van der Waals surface area contributed by atoms with E-state index in [-0.39, 0.29) is 5.96 Å². The van der Waals surface area contributed by atoms with Crippen molar-refractivity contribution >= 4 is 23.5 Å². The minimum Gasteiger partial charge on any atom is -0.369 e. The van der Waals surface area contributed by atoms with Crippen LogP contribution in [0.5, 0.6) is 0 Å². The van der Waals surface area contributed by atoms with Crippen LogP contribution in [-0.4, -0.2) is 17.0 Å². The molecular weight excluding hydrogens is 242 g/mol. The topological polar surface area (TPSA) is 92.4 Å². The molecular formula is C13H13N5O. The summed E-state index contributed by atoms with van der Waals surface area (Å²) >= 11 is 0. The number of carbonyl (C=O) groups excluding carboxylic acids is 1. The number of pyridine rings is 1. The minimum atomic E-state index is -0.584. The van der Waals surface area contributed by atoms with Gasteiger partial charge in [-0.1, -0.05) is 24.3 Å². The van der Waals surface area contributed by atoms with Crippen LogP contribution in [0.2, 0.25) is 0 Å². The Hall–Kier alpha value is -2.89. The highest BCUT2D eigenvalue weighted by molar-refractivity contribution is 6.03. The van der Waals surface area contributed by atoms with Gasteiger partial charge in [-0.15, -0.1) is 0 Å². The van der Waals surface area contributed by atoms with E-state index in [1.165, 1.54) is 0 Å². The Morgan fingerprint density at radius 2 is 1.79 bits per heavy atom. The molecule has 19 heavy (non-hydrogen) atoms. The number of para-hydroxylation sites is 1. The van der Waals surface area contributed by atoms with Crippen molar-refractivity contribution in [3.63, 3.8) is 0 Å². The molecule has 0 radical (unpaired) electrons. The van der Waals surface area contributed by atoms with E-state index >= 15 is 0 Å². The van der Waals surface area contributed by atoms with Gasteiger partial charge in [0.05, 0.1) is 0 Å². The van der Waals surface area contributed by atoms with Crippen molar-refractivity contribution in [2.45, 2.75) is 0 Å². The molecule has 2 rings (SSSR count). The number of aromatic nitrogens is 1. The van der Waals surface area contributed by atoms with Crippen molar-refractivity contribution in [1.29, 1.82) is 0 Å². The maximum Gasteiger partial charge on any atom is 0.349 e. The molecule has 0 unspecified atom stereocenters. The lowest BCUT2D eigenvalue weighted by Gasteiger charge is -2.05. The second-order valence-electron chi connectivity index (χ2n) is 3.63. The molecule has 0 saturated heterocycles. The van der Waals surface area contributed by atoms with Crippen LogP contribution in [0.4, 0.5) is 16.3 Å². The van der Waals surface area contributed by atoms with E-state index in [0.717, 1.165) is 5.69 Å². The first-order valence-electron chi connectivity index (χ1n) is 5.62. The predicted octanol–water partition coefficient (Wildman–Crippen LogP) is 2.04. The molecule has 2 amide bonds. The summed E-state index contributed by atoms with van der Waals surface area (Å²) in [6.45, 7) is 0. The molecule has 0 spiro atoms. The van der Waals surface area contributed by atoms with Crippen molar-refractivity contribution in [3.8, 4) is 0 Å². The smallest absolute Gasteiger partial charge is 0.349 e. The second kappa shape index (κ2) is 6.15. The molecule has 1 aromatic heterocycles. The van der Waals surface area contributed by atoms with Crippen LogP contribution in [0.3, 0.4) is 0 Å². The van der Waals surface area contributed by atoms with Gasteiger partial charge in [-0.2, -0.15) is 4.99 Å². The fourth-order valence-electron chi connectivity index (χ4n) is 1.38. The number of benzene rings is 1. The number of amides is 2. The molecule has 1 aromatic carbocycles. The Kier molecular flexibility index (Phi) is 4.07. The second-order valence-corrected chi connectivity index (χ2v) is 3.63. The summed E-state index contributed by atoms with van der Waals surface area (Å²) in [7, 11) is 0. The van der Waals surface area contributed by atoms with E-state index in [9.17, 15) is 4.79 Å². The zero-order chi connectivity index (χ0) is 13.5. The summed E-state index contributed by atoms with van der Waals surface area (Å²) in [5.41, 5.74) is 6.38. The first-order valence-corrected chi connectivity index (χ1v) is 5.62. The quantitative estimate of drug-likeness (QED) is 0.565. The van der Waals surface area contributed by atoms with Gasteiger partial charge >= 0.3 is 6.03 Å². The molecule has 0 bridgehead atoms. The number of rotatable bonds is 2. The fourth-order valence-corrected chi connectivity index (χ4v) is 1.38. The van der Waals surface area contributed by atoms with E-state index in [1.54, 1.807) is 24.4 Å². The Bertz CT molecular complexity index is 568. The van der Waals surface area contributed by atoms with E-state index < -0.39 is 6.03 Å². The molecule has 6 nitrogen and oxygen atoms in total. The zero-order valence-electron chi connectivity index (χ0n) is 10.1. The zero-order valence-corrected chi connectivity index (χ0v) is 10.1. The number of guanidine groups is 1. The van der Waals surface area contributed by atoms with E-state index in [1.807, 2.05) is 30.3 Å². The van der Waals surface area contributed by atoms with Crippen LogP contribution >= 0.6 is 0 Å². The van der Waals surface area contributed by atoms with Crippen LogP contribution in [0.1, 0.15) is 0 Å². The van der Waals surface area contributed by atoms with Crippen LogP contribution in [0.25, 0.3) is 0 Å². The molecule has 0 fully saturated rings. The van der Waals surface area contributed by atoms with Gasteiger partial charge in [0.25, 0.3) is 0 Å². The van der Waals surface area contributed by atoms with E-state index in [2.05, 4.69) is 20.6 Å². The standard InChI is InChI=1S/C13H13N5O/c14-12(16-10-6-2-1-3-7-10)18-13(19)17-11-8-4-5-9-15-11/h1-9H,(H4,14,15,16,17,18,19). The van der Waals surface area contributed by atoms with Crippen LogP contribution in [0, 0.1) is 0 Å². The highest BCUT2D eigenvalue weighted by Gasteiger charge is 2.02. The Balaban J connectivity index is 1.95. The maximum atomic E-state index is 11.6. The number of nitrogens with two attached hydrogens (primary N) is 1. The number of urea groups is 1. The molecule has 6 heteroatoms. The number of hydrogen-bond donors (Lipinski definition) is 3. The number of aliphatic imine (C=N–C) groups is 1. The normalized spacial score (nSPS) is 10.8. The third-order valence-corrected chi connectivity index (χ3v) is 2.17. The lowest BCUT2D eigenvalue weighted by molar-refractivity contribution is 0.259. The van der Waals surface area contributed by atoms with Gasteiger partial charge in [-0.25, -0.2) is 9.78 Å². The monoisotopic (exact) mass is 255 g/mol. The maximum absolute atomic E-state index is 11.6. The highest BCUT2D eigenvalue weighted by Crippen LogP contribution is 2.04. The summed E-state index contributed by atoms with van der Waals surface area (Å²) in [6.07, 6.45) is 1.57. The number of hydrogen-bond acceptors (Lipinski definition) is 2. The van der Waals surface area contributed by atoms with Gasteiger partial charge in [-0.05, 0) is 24.3 Å². The number of carbonyl (C=O) groups is 1. The molecule has 4 N–H and O–H groups in total. The lowest BCUT2D eigenvalue weighted by atomic mass is 10.3. The van der Waals surface area contributed by atoms with Crippen molar-refractivity contribution in [2.24, 2.45) is 10.7 Å². The molecule has 1 heterocycles. The lowest BCUT2D eigenvalue weighted by Crippen LogP contribution is -2.25. The molecule has 2 aromatic rings. The summed E-state index contributed by atoms with van der Waals surface area (Å²) in [5.74, 6) is 0.434. The molecule has 0 aliphatic carbocycles. The largest absolute Gasteiger partial charge is 0.369 e.